The highest BCUT2D eigenvalue weighted by Gasteiger charge is 2.42. The third-order valence-electron chi connectivity index (χ3n) is 3.56. The molecule has 0 bridgehead atoms. The predicted molar refractivity (Wildman–Crippen MR) is 87.5 cm³/mol. The number of halogens is 2. The average molecular weight is 365 g/mol. The molecular weight excluding hydrogens is 347 g/mol. The summed E-state index contributed by atoms with van der Waals surface area (Å²) in [6, 6.07) is 4.12. The van der Waals surface area contributed by atoms with Gasteiger partial charge in [0, 0.05) is 22.6 Å². The summed E-state index contributed by atoms with van der Waals surface area (Å²) in [5.74, 6) is -0.300. The molecule has 0 spiro atoms. The Hall–Kier alpha value is -0.820. The first-order chi connectivity index (χ1) is 10.2. The maximum absolute atomic E-state index is 12.3. The van der Waals surface area contributed by atoms with Crippen LogP contribution in [0.5, 0.6) is 0 Å². The van der Waals surface area contributed by atoms with Gasteiger partial charge in [0.1, 0.15) is 6.04 Å². The first-order valence-electron chi connectivity index (χ1n) is 6.95. The second kappa shape index (κ2) is 6.74. The van der Waals surface area contributed by atoms with Crippen molar-refractivity contribution in [3.63, 3.8) is 0 Å². The minimum atomic E-state index is -3.35. The highest BCUT2D eigenvalue weighted by Crippen LogP contribution is 2.25. The van der Waals surface area contributed by atoms with Crippen LogP contribution in [-0.4, -0.2) is 36.5 Å². The topological polar surface area (TPSA) is 66.5 Å². The van der Waals surface area contributed by atoms with Crippen LogP contribution < -0.4 is 5.32 Å². The Labute approximate surface area is 140 Å². The molecule has 1 fully saturated rings. The summed E-state index contributed by atoms with van der Waals surface area (Å²) in [6.07, 6.45) is 0.306. The average Bonchev–Trinajstić information content (AvgIpc) is 2.73. The standard InChI is InChI=1S/C14H18Cl2N2O3S/c1-9(2)18-13(5-6-22(18,20)21)14(19)17-8-10-3-4-11(15)7-12(10)16/h3-4,7,9,13H,5-6,8H2,1-2H3,(H,17,19)/t13-/m0/s1. The summed E-state index contributed by atoms with van der Waals surface area (Å²) in [5.41, 5.74) is 0.733. The van der Waals surface area contributed by atoms with E-state index in [0.29, 0.717) is 16.5 Å². The minimum absolute atomic E-state index is 0.00493. The van der Waals surface area contributed by atoms with Crippen LogP contribution in [0, 0.1) is 0 Å². The molecule has 0 aromatic heterocycles. The molecule has 1 aromatic rings. The molecule has 0 unspecified atom stereocenters. The van der Waals surface area contributed by atoms with Crippen LogP contribution in [0.3, 0.4) is 0 Å². The second-order valence-electron chi connectivity index (χ2n) is 5.50. The van der Waals surface area contributed by atoms with Crippen LogP contribution in [0.2, 0.25) is 10.0 Å². The highest BCUT2D eigenvalue weighted by atomic mass is 35.5. The number of hydrogen-bond acceptors (Lipinski definition) is 3. The molecule has 0 radical (unpaired) electrons. The number of benzene rings is 1. The molecule has 1 atom stereocenters. The first kappa shape index (κ1) is 17.5. The summed E-state index contributed by atoms with van der Waals surface area (Å²) in [7, 11) is -3.35. The van der Waals surface area contributed by atoms with Crippen molar-refractivity contribution in [3.05, 3.63) is 33.8 Å². The zero-order valence-electron chi connectivity index (χ0n) is 12.3. The van der Waals surface area contributed by atoms with Crippen molar-refractivity contribution in [2.24, 2.45) is 0 Å². The Morgan fingerprint density at radius 2 is 2.09 bits per heavy atom. The first-order valence-corrected chi connectivity index (χ1v) is 9.31. The molecular formula is C14H18Cl2N2O3S. The number of sulfonamides is 1. The van der Waals surface area contributed by atoms with Crippen LogP contribution in [0.15, 0.2) is 18.2 Å². The normalized spacial score (nSPS) is 21.2. The molecule has 2 rings (SSSR count). The quantitative estimate of drug-likeness (QED) is 0.891. The van der Waals surface area contributed by atoms with Gasteiger partial charge in [0.25, 0.3) is 0 Å². The number of carbonyl (C=O) groups excluding carboxylic acids is 1. The molecule has 0 aliphatic carbocycles. The fraction of sp³-hybridized carbons (Fsp3) is 0.500. The Kier molecular flexibility index (Phi) is 5.37. The molecule has 1 aliphatic heterocycles. The zero-order chi connectivity index (χ0) is 16.5. The van der Waals surface area contributed by atoms with E-state index < -0.39 is 16.1 Å². The molecule has 5 nitrogen and oxygen atoms in total. The van der Waals surface area contributed by atoms with Gasteiger partial charge in [-0.2, -0.15) is 4.31 Å². The molecule has 1 amide bonds. The molecule has 1 aromatic carbocycles. The van der Waals surface area contributed by atoms with Crippen molar-refractivity contribution in [1.29, 1.82) is 0 Å². The highest BCUT2D eigenvalue weighted by molar-refractivity contribution is 7.89. The fourth-order valence-electron chi connectivity index (χ4n) is 2.58. The number of hydrogen-bond donors (Lipinski definition) is 1. The minimum Gasteiger partial charge on any atom is -0.351 e. The zero-order valence-corrected chi connectivity index (χ0v) is 14.7. The van der Waals surface area contributed by atoms with E-state index in [9.17, 15) is 13.2 Å². The van der Waals surface area contributed by atoms with Crippen molar-refractivity contribution >= 4 is 39.1 Å². The van der Waals surface area contributed by atoms with Crippen LogP contribution >= 0.6 is 23.2 Å². The smallest absolute Gasteiger partial charge is 0.238 e. The summed E-state index contributed by atoms with van der Waals surface area (Å²) in [5, 5.41) is 3.74. The lowest BCUT2D eigenvalue weighted by Gasteiger charge is -2.25. The van der Waals surface area contributed by atoms with Crippen LogP contribution in [-0.2, 0) is 21.4 Å². The fourth-order valence-corrected chi connectivity index (χ4v) is 5.02. The summed E-state index contributed by atoms with van der Waals surface area (Å²) >= 11 is 11.9. The van der Waals surface area contributed by atoms with E-state index in [4.69, 9.17) is 23.2 Å². The van der Waals surface area contributed by atoms with Gasteiger partial charge in [-0.05, 0) is 38.0 Å². The largest absolute Gasteiger partial charge is 0.351 e. The summed E-state index contributed by atoms with van der Waals surface area (Å²) in [4.78, 5) is 12.3. The van der Waals surface area contributed by atoms with E-state index in [1.54, 1.807) is 32.0 Å². The van der Waals surface area contributed by atoms with Crippen molar-refractivity contribution in [2.45, 2.75) is 38.9 Å². The van der Waals surface area contributed by atoms with E-state index in [0.717, 1.165) is 5.56 Å². The molecule has 1 heterocycles. The molecule has 1 N–H and O–H groups in total. The van der Waals surface area contributed by atoms with E-state index in [1.165, 1.54) is 4.31 Å². The van der Waals surface area contributed by atoms with Gasteiger partial charge < -0.3 is 5.32 Å². The lowest BCUT2D eigenvalue weighted by Crippen LogP contribution is -2.47. The Balaban J connectivity index is 2.06. The Morgan fingerprint density at radius 3 is 2.68 bits per heavy atom. The van der Waals surface area contributed by atoms with Gasteiger partial charge in [0.15, 0.2) is 0 Å². The summed E-state index contributed by atoms with van der Waals surface area (Å²) in [6.45, 7) is 3.76. The van der Waals surface area contributed by atoms with Crippen molar-refractivity contribution in [1.82, 2.24) is 9.62 Å². The van der Waals surface area contributed by atoms with Crippen LogP contribution in [0.1, 0.15) is 25.8 Å². The van der Waals surface area contributed by atoms with Gasteiger partial charge >= 0.3 is 0 Å². The molecule has 0 saturated carbocycles. The second-order valence-corrected chi connectivity index (χ2v) is 8.34. The third-order valence-corrected chi connectivity index (χ3v) is 6.21. The monoisotopic (exact) mass is 364 g/mol. The van der Waals surface area contributed by atoms with Gasteiger partial charge in [-0.1, -0.05) is 29.3 Å². The number of carbonyl (C=O) groups is 1. The van der Waals surface area contributed by atoms with E-state index in [2.05, 4.69) is 5.32 Å². The SMILES string of the molecule is CC(C)N1[C@H](C(=O)NCc2ccc(Cl)cc2Cl)CCS1(=O)=O. The Bertz CT molecular complexity index is 677. The molecule has 122 valence electrons. The number of amides is 1. The molecule has 1 saturated heterocycles. The van der Waals surface area contributed by atoms with Crippen LogP contribution in [0.25, 0.3) is 0 Å². The lowest BCUT2D eigenvalue weighted by molar-refractivity contribution is -0.125. The summed E-state index contributed by atoms with van der Waals surface area (Å²) < 4.78 is 25.3. The predicted octanol–water partition coefficient (Wildman–Crippen LogP) is 2.42. The van der Waals surface area contributed by atoms with Crippen LogP contribution in [0.4, 0.5) is 0 Å². The maximum atomic E-state index is 12.3. The van der Waals surface area contributed by atoms with Gasteiger partial charge in [-0.15, -0.1) is 0 Å². The van der Waals surface area contributed by atoms with Gasteiger partial charge in [-0.25, -0.2) is 8.42 Å². The van der Waals surface area contributed by atoms with Crippen molar-refractivity contribution < 1.29 is 13.2 Å². The Morgan fingerprint density at radius 1 is 1.41 bits per heavy atom. The van der Waals surface area contributed by atoms with Gasteiger partial charge in [0.05, 0.1) is 5.75 Å². The van der Waals surface area contributed by atoms with E-state index >= 15 is 0 Å². The van der Waals surface area contributed by atoms with E-state index in [1.807, 2.05) is 0 Å². The molecule has 22 heavy (non-hydrogen) atoms. The lowest BCUT2D eigenvalue weighted by atomic mass is 10.1. The number of nitrogens with one attached hydrogen (secondary N) is 1. The maximum Gasteiger partial charge on any atom is 0.238 e. The third kappa shape index (κ3) is 3.74. The molecule has 8 heteroatoms. The number of nitrogens with zero attached hydrogens (tertiary/aromatic N) is 1. The number of rotatable bonds is 4. The van der Waals surface area contributed by atoms with Gasteiger partial charge in [0.2, 0.25) is 15.9 Å². The van der Waals surface area contributed by atoms with E-state index in [-0.39, 0.29) is 24.2 Å². The van der Waals surface area contributed by atoms with Crippen molar-refractivity contribution in [2.75, 3.05) is 5.75 Å². The molecule has 1 aliphatic rings. The van der Waals surface area contributed by atoms with Crippen molar-refractivity contribution in [3.8, 4) is 0 Å². The van der Waals surface area contributed by atoms with Gasteiger partial charge in [-0.3, -0.25) is 4.79 Å².